The normalized spacial score (nSPS) is 28.6. The Balaban J connectivity index is 1.88. The first kappa shape index (κ1) is 13.9. The number of rotatable bonds is 3. The summed E-state index contributed by atoms with van der Waals surface area (Å²) in [7, 11) is 2.01. The van der Waals surface area contributed by atoms with Crippen LogP contribution in [0.15, 0.2) is 0 Å². The number of piperidine rings is 1. The molecule has 1 saturated heterocycles. The van der Waals surface area contributed by atoms with Crippen LogP contribution in [0.25, 0.3) is 0 Å². The van der Waals surface area contributed by atoms with E-state index in [1.165, 1.54) is 25.7 Å². The van der Waals surface area contributed by atoms with Gasteiger partial charge in [0.25, 0.3) is 0 Å². The molecule has 2 fully saturated rings. The van der Waals surface area contributed by atoms with Crippen molar-refractivity contribution in [2.24, 2.45) is 17.3 Å². The fourth-order valence-corrected chi connectivity index (χ4v) is 3.65. The van der Waals surface area contributed by atoms with Crippen molar-refractivity contribution in [3.8, 4) is 0 Å². The van der Waals surface area contributed by atoms with Gasteiger partial charge in [-0.05, 0) is 50.6 Å². The summed E-state index contributed by atoms with van der Waals surface area (Å²) in [5.74, 6) is 1.47. The first-order chi connectivity index (χ1) is 8.54. The van der Waals surface area contributed by atoms with E-state index in [1.54, 1.807) is 0 Å². The summed E-state index contributed by atoms with van der Waals surface area (Å²) in [5.41, 5.74) is 0.221. The monoisotopic (exact) mass is 252 g/mol. The second kappa shape index (κ2) is 5.60. The molecule has 2 rings (SSSR count). The van der Waals surface area contributed by atoms with Crippen LogP contribution >= 0.6 is 0 Å². The molecule has 1 N–H and O–H groups in total. The number of likely N-dealkylation sites (tertiary alicyclic amines) is 1. The molecular weight excluding hydrogens is 224 g/mol. The van der Waals surface area contributed by atoms with E-state index in [0.717, 1.165) is 32.0 Å². The molecule has 1 amide bonds. The molecule has 0 spiro atoms. The molecule has 2 aliphatic rings. The van der Waals surface area contributed by atoms with Gasteiger partial charge in [-0.15, -0.1) is 0 Å². The summed E-state index contributed by atoms with van der Waals surface area (Å²) in [6, 6.07) is 0. The van der Waals surface area contributed by atoms with Gasteiger partial charge in [-0.2, -0.15) is 0 Å². The minimum atomic E-state index is 0.221. The summed E-state index contributed by atoms with van der Waals surface area (Å²) in [6.45, 7) is 7.55. The van der Waals surface area contributed by atoms with E-state index >= 15 is 0 Å². The highest BCUT2D eigenvalue weighted by Gasteiger charge is 2.41. The maximum Gasteiger partial charge on any atom is 0.226 e. The van der Waals surface area contributed by atoms with Crippen molar-refractivity contribution in [2.45, 2.75) is 46.0 Å². The van der Waals surface area contributed by atoms with Gasteiger partial charge in [0.05, 0.1) is 0 Å². The van der Waals surface area contributed by atoms with Crippen molar-refractivity contribution in [1.82, 2.24) is 10.2 Å². The van der Waals surface area contributed by atoms with Crippen molar-refractivity contribution in [2.75, 3.05) is 26.7 Å². The number of nitrogens with one attached hydrogen (secondary N) is 1. The van der Waals surface area contributed by atoms with Crippen molar-refractivity contribution in [1.29, 1.82) is 0 Å². The maximum absolute atomic E-state index is 12.6. The Hall–Kier alpha value is -0.570. The second-order valence-corrected chi connectivity index (χ2v) is 6.76. The van der Waals surface area contributed by atoms with Crippen LogP contribution in [-0.2, 0) is 4.79 Å². The predicted octanol–water partition coefficient (Wildman–Crippen LogP) is 2.27. The van der Waals surface area contributed by atoms with E-state index in [0.29, 0.717) is 5.91 Å². The molecule has 0 aromatic rings. The fraction of sp³-hybridized carbons (Fsp3) is 0.933. The van der Waals surface area contributed by atoms with Gasteiger partial charge in [0.1, 0.15) is 0 Å². The number of nitrogens with zero attached hydrogens (tertiary/aromatic N) is 1. The zero-order valence-corrected chi connectivity index (χ0v) is 12.2. The van der Waals surface area contributed by atoms with Gasteiger partial charge in [-0.25, -0.2) is 0 Å². The summed E-state index contributed by atoms with van der Waals surface area (Å²) in [5, 5.41) is 3.25. The van der Waals surface area contributed by atoms with Gasteiger partial charge in [0.2, 0.25) is 5.91 Å². The van der Waals surface area contributed by atoms with Gasteiger partial charge in [0, 0.05) is 19.0 Å². The van der Waals surface area contributed by atoms with E-state index in [2.05, 4.69) is 24.1 Å². The number of hydrogen-bond acceptors (Lipinski definition) is 2. The number of amides is 1. The molecule has 1 aliphatic heterocycles. The van der Waals surface area contributed by atoms with E-state index in [9.17, 15) is 4.79 Å². The highest BCUT2D eigenvalue weighted by Crippen LogP contribution is 2.43. The van der Waals surface area contributed by atoms with Crippen LogP contribution in [0, 0.1) is 17.3 Å². The Kier molecular flexibility index (Phi) is 4.31. The molecule has 1 heterocycles. The average Bonchev–Trinajstić information content (AvgIpc) is 2.69. The highest BCUT2D eigenvalue weighted by atomic mass is 16.2. The van der Waals surface area contributed by atoms with Gasteiger partial charge < -0.3 is 10.2 Å². The Bertz CT molecular complexity index is 293. The molecular formula is C15H28N2O. The molecule has 0 aromatic heterocycles. The summed E-state index contributed by atoms with van der Waals surface area (Å²) < 4.78 is 0. The Labute approximate surface area is 111 Å². The number of carbonyl (C=O) groups is 1. The largest absolute Gasteiger partial charge is 0.342 e. The van der Waals surface area contributed by atoms with E-state index in [1.807, 2.05) is 7.05 Å². The average molecular weight is 252 g/mol. The molecule has 18 heavy (non-hydrogen) atoms. The maximum atomic E-state index is 12.6. The predicted molar refractivity (Wildman–Crippen MR) is 74.4 cm³/mol. The smallest absolute Gasteiger partial charge is 0.226 e. The minimum absolute atomic E-state index is 0.221. The molecule has 1 atom stereocenters. The molecule has 0 radical (unpaired) electrons. The number of hydrogen-bond donors (Lipinski definition) is 1. The first-order valence-electron chi connectivity index (χ1n) is 7.48. The van der Waals surface area contributed by atoms with Crippen molar-refractivity contribution < 1.29 is 4.79 Å². The number of carbonyl (C=O) groups excluding carboxylic acids is 1. The van der Waals surface area contributed by atoms with Crippen LogP contribution < -0.4 is 5.32 Å². The van der Waals surface area contributed by atoms with Gasteiger partial charge in [-0.1, -0.05) is 20.3 Å². The SMILES string of the molecule is CNCC1CCN(C(=O)C2CCCC2(C)C)CC1. The minimum Gasteiger partial charge on any atom is -0.342 e. The van der Waals surface area contributed by atoms with Crippen molar-refractivity contribution in [3.63, 3.8) is 0 Å². The quantitative estimate of drug-likeness (QED) is 0.835. The molecule has 1 aliphatic carbocycles. The highest BCUT2D eigenvalue weighted by molar-refractivity contribution is 5.80. The van der Waals surface area contributed by atoms with Crippen LogP contribution in [0.3, 0.4) is 0 Å². The fourth-order valence-electron chi connectivity index (χ4n) is 3.65. The third-order valence-corrected chi connectivity index (χ3v) is 4.97. The summed E-state index contributed by atoms with van der Waals surface area (Å²) >= 11 is 0. The lowest BCUT2D eigenvalue weighted by Crippen LogP contribution is -2.45. The van der Waals surface area contributed by atoms with Crippen LogP contribution in [0.5, 0.6) is 0 Å². The zero-order chi connectivity index (χ0) is 13.2. The van der Waals surface area contributed by atoms with Gasteiger partial charge >= 0.3 is 0 Å². The Morgan fingerprint density at radius 2 is 1.94 bits per heavy atom. The topological polar surface area (TPSA) is 32.3 Å². The van der Waals surface area contributed by atoms with Crippen LogP contribution in [0.4, 0.5) is 0 Å². The molecule has 104 valence electrons. The first-order valence-corrected chi connectivity index (χ1v) is 7.48. The summed E-state index contributed by atoms with van der Waals surface area (Å²) in [6.07, 6.45) is 5.86. The van der Waals surface area contributed by atoms with Gasteiger partial charge in [-0.3, -0.25) is 4.79 Å². The van der Waals surface area contributed by atoms with Crippen LogP contribution in [0.2, 0.25) is 0 Å². The van der Waals surface area contributed by atoms with E-state index in [4.69, 9.17) is 0 Å². The standard InChI is InChI=1S/C15H28N2O/c1-15(2)8-4-5-13(15)14(18)17-9-6-12(7-10-17)11-16-3/h12-13,16H,4-11H2,1-3H3. The van der Waals surface area contributed by atoms with Gasteiger partial charge in [0.15, 0.2) is 0 Å². The Morgan fingerprint density at radius 3 is 2.44 bits per heavy atom. The molecule has 1 saturated carbocycles. The second-order valence-electron chi connectivity index (χ2n) is 6.76. The third kappa shape index (κ3) is 2.87. The van der Waals surface area contributed by atoms with E-state index < -0.39 is 0 Å². The molecule has 0 aromatic carbocycles. The van der Waals surface area contributed by atoms with Crippen LogP contribution in [0.1, 0.15) is 46.0 Å². The third-order valence-electron chi connectivity index (χ3n) is 4.97. The Morgan fingerprint density at radius 1 is 1.28 bits per heavy atom. The lowest BCUT2D eigenvalue weighted by atomic mass is 9.80. The van der Waals surface area contributed by atoms with Crippen molar-refractivity contribution in [3.05, 3.63) is 0 Å². The lowest BCUT2D eigenvalue weighted by Gasteiger charge is -2.36. The lowest BCUT2D eigenvalue weighted by molar-refractivity contribution is -0.139. The summed E-state index contributed by atoms with van der Waals surface area (Å²) in [4.78, 5) is 14.7. The molecule has 1 unspecified atom stereocenters. The molecule has 3 nitrogen and oxygen atoms in total. The van der Waals surface area contributed by atoms with Crippen molar-refractivity contribution >= 4 is 5.91 Å². The molecule has 0 bridgehead atoms. The molecule has 3 heteroatoms. The van der Waals surface area contributed by atoms with E-state index in [-0.39, 0.29) is 11.3 Å². The van der Waals surface area contributed by atoms with Crippen LogP contribution in [-0.4, -0.2) is 37.5 Å². The zero-order valence-electron chi connectivity index (χ0n) is 12.2.